The van der Waals surface area contributed by atoms with E-state index in [0.717, 1.165) is 30.4 Å². The minimum atomic E-state index is -3.53. The molecule has 0 saturated heterocycles. The zero-order valence-electron chi connectivity index (χ0n) is 19.9. The van der Waals surface area contributed by atoms with Gasteiger partial charge in [0.2, 0.25) is 22.7 Å². The summed E-state index contributed by atoms with van der Waals surface area (Å²) in [7, 11) is -3.53. The van der Waals surface area contributed by atoms with Crippen LogP contribution in [0.1, 0.15) is 57.6 Å². The fraction of sp³-hybridized carbons (Fsp3) is 0.480. The molecule has 0 radical (unpaired) electrons. The summed E-state index contributed by atoms with van der Waals surface area (Å²) < 4.78 is 43.2. The van der Waals surface area contributed by atoms with E-state index in [1.807, 2.05) is 24.3 Å². The topological polar surface area (TPSA) is 94.2 Å². The van der Waals surface area contributed by atoms with E-state index in [0.29, 0.717) is 30.0 Å². The lowest BCUT2D eigenvalue weighted by atomic mass is 9.83. The van der Waals surface area contributed by atoms with E-state index in [-0.39, 0.29) is 37.3 Å². The number of para-hydroxylation sites is 1. The predicted octanol–water partition coefficient (Wildman–Crippen LogP) is 4.16. The standard InChI is InChI=1S/C25H32N2O6S/c1-4-25(5-2)16-20(19-9-6-7-10-21(19)33-25)26-24(28)11-8-14-27(34(3,29)30)18-12-13-22-23(15-18)32-17-31-22/h6-7,9-10,12-13,15,20H,4-5,8,11,14,16-17H2,1-3H3,(H,26,28)/t20-/m0/s1. The number of nitrogens with one attached hydrogen (secondary N) is 1. The molecule has 4 rings (SSSR count). The normalized spacial score (nSPS) is 18.0. The van der Waals surface area contributed by atoms with Gasteiger partial charge in [0.1, 0.15) is 11.4 Å². The monoisotopic (exact) mass is 488 g/mol. The largest absolute Gasteiger partial charge is 0.487 e. The van der Waals surface area contributed by atoms with Crippen molar-refractivity contribution in [3.8, 4) is 17.2 Å². The highest BCUT2D eigenvalue weighted by atomic mass is 32.2. The van der Waals surface area contributed by atoms with Crippen LogP contribution in [0, 0.1) is 0 Å². The predicted molar refractivity (Wildman–Crippen MR) is 130 cm³/mol. The third-order valence-electron chi connectivity index (χ3n) is 6.63. The Kier molecular flexibility index (Phi) is 6.93. The number of hydrogen-bond acceptors (Lipinski definition) is 6. The Bertz CT molecular complexity index is 1150. The van der Waals surface area contributed by atoms with Gasteiger partial charge in [-0.25, -0.2) is 8.42 Å². The van der Waals surface area contributed by atoms with Gasteiger partial charge in [0.15, 0.2) is 11.5 Å². The van der Waals surface area contributed by atoms with Gasteiger partial charge in [-0.15, -0.1) is 0 Å². The number of nitrogens with zero attached hydrogens (tertiary/aromatic N) is 1. The molecule has 0 unspecified atom stereocenters. The van der Waals surface area contributed by atoms with Crippen molar-refractivity contribution in [2.24, 2.45) is 0 Å². The molecule has 0 fully saturated rings. The Morgan fingerprint density at radius 3 is 2.56 bits per heavy atom. The molecule has 2 aliphatic rings. The van der Waals surface area contributed by atoms with Gasteiger partial charge in [0.05, 0.1) is 18.0 Å². The van der Waals surface area contributed by atoms with E-state index in [1.54, 1.807) is 18.2 Å². The van der Waals surface area contributed by atoms with Crippen LogP contribution in [0.15, 0.2) is 42.5 Å². The van der Waals surface area contributed by atoms with Crippen molar-refractivity contribution in [1.82, 2.24) is 5.32 Å². The van der Waals surface area contributed by atoms with E-state index in [2.05, 4.69) is 19.2 Å². The van der Waals surface area contributed by atoms with Crippen LogP contribution in [0.25, 0.3) is 0 Å². The van der Waals surface area contributed by atoms with Gasteiger partial charge in [-0.3, -0.25) is 9.10 Å². The van der Waals surface area contributed by atoms with Crippen LogP contribution >= 0.6 is 0 Å². The van der Waals surface area contributed by atoms with Gasteiger partial charge < -0.3 is 19.5 Å². The lowest BCUT2D eigenvalue weighted by molar-refractivity contribution is -0.122. The first-order valence-electron chi connectivity index (χ1n) is 11.7. The summed E-state index contributed by atoms with van der Waals surface area (Å²) in [6, 6.07) is 12.7. The number of hydrogen-bond donors (Lipinski definition) is 1. The number of carbonyl (C=O) groups is 1. The second-order valence-electron chi connectivity index (χ2n) is 8.83. The molecule has 1 amide bonds. The Labute approximate surface area is 201 Å². The Morgan fingerprint density at radius 1 is 1.09 bits per heavy atom. The molecular weight excluding hydrogens is 456 g/mol. The highest BCUT2D eigenvalue weighted by molar-refractivity contribution is 7.92. The molecule has 2 aliphatic heterocycles. The fourth-order valence-electron chi connectivity index (χ4n) is 4.61. The van der Waals surface area contributed by atoms with Crippen LogP contribution in [-0.4, -0.2) is 39.5 Å². The Morgan fingerprint density at radius 2 is 1.82 bits per heavy atom. The molecule has 1 N–H and O–H groups in total. The van der Waals surface area contributed by atoms with Crippen molar-refractivity contribution in [3.63, 3.8) is 0 Å². The average molecular weight is 489 g/mol. The van der Waals surface area contributed by atoms with Gasteiger partial charge in [-0.1, -0.05) is 32.0 Å². The smallest absolute Gasteiger partial charge is 0.232 e. The summed E-state index contributed by atoms with van der Waals surface area (Å²) in [5, 5.41) is 3.16. The molecule has 0 saturated carbocycles. The highest BCUT2D eigenvalue weighted by Crippen LogP contribution is 2.42. The number of fused-ring (bicyclic) bond motifs is 2. The number of amides is 1. The van der Waals surface area contributed by atoms with Crippen molar-refractivity contribution in [1.29, 1.82) is 0 Å². The fourth-order valence-corrected chi connectivity index (χ4v) is 5.56. The quantitative estimate of drug-likeness (QED) is 0.570. The van der Waals surface area contributed by atoms with E-state index in [1.165, 1.54) is 4.31 Å². The number of anilines is 1. The maximum atomic E-state index is 12.9. The summed E-state index contributed by atoms with van der Waals surface area (Å²) in [6.45, 7) is 4.51. The molecule has 2 heterocycles. The second-order valence-corrected chi connectivity index (χ2v) is 10.7. The third-order valence-corrected chi connectivity index (χ3v) is 7.82. The van der Waals surface area contributed by atoms with Gasteiger partial charge in [0, 0.05) is 31.0 Å². The lowest BCUT2D eigenvalue weighted by Crippen LogP contribution is -2.44. The van der Waals surface area contributed by atoms with Crippen molar-refractivity contribution in [3.05, 3.63) is 48.0 Å². The minimum absolute atomic E-state index is 0.109. The van der Waals surface area contributed by atoms with Crippen molar-refractivity contribution in [2.75, 3.05) is 23.9 Å². The van der Waals surface area contributed by atoms with E-state index in [9.17, 15) is 13.2 Å². The van der Waals surface area contributed by atoms with Crippen molar-refractivity contribution in [2.45, 2.75) is 57.6 Å². The maximum absolute atomic E-state index is 12.9. The van der Waals surface area contributed by atoms with E-state index >= 15 is 0 Å². The average Bonchev–Trinajstić information content (AvgIpc) is 3.29. The SMILES string of the molecule is CCC1(CC)C[C@H](NC(=O)CCCN(c2ccc3c(c2)OCO3)S(C)(=O)=O)c2ccccc2O1. The first-order valence-corrected chi connectivity index (χ1v) is 13.5. The summed E-state index contributed by atoms with van der Waals surface area (Å²) >= 11 is 0. The summed E-state index contributed by atoms with van der Waals surface area (Å²) in [5.74, 6) is 1.80. The van der Waals surface area contributed by atoms with Gasteiger partial charge in [0.25, 0.3) is 0 Å². The first-order chi connectivity index (χ1) is 16.2. The van der Waals surface area contributed by atoms with Crippen LogP contribution in [-0.2, 0) is 14.8 Å². The Hall–Kier alpha value is -2.94. The van der Waals surface area contributed by atoms with Crippen molar-refractivity contribution >= 4 is 21.6 Å². The molecule has 1 atom stereocenters. The lowest BCUT2D eigenvalue weighted by Gasteiger charge is -2.41. The molecule has 2 aromatic carbocycles. The number of ether oxygens (including phenoxy) is 3. The maximum Gasteiger partial charge on any atom is 0.232 e. The first kappa shape index (κ1) is 24.2. The molecule has 0 aliphatic carbocycles. The van der Waals surface area contributed by atoms with Gasteiger partial charge >= 0.3 is 0 Å². The number of benzene rings is 2. The Balaban J connectivity index is 1.41. The molecule has 0 aromatic heterocycles. The summed E-state index contributed by atoms with van der Waals surface area (Å²) in [5.41, 5.74) is 1.16. The van der Waals surface area contributed by atoms with E-state index < -0.39 is 10.0 Å². The molecule has 0 bridgehead atoms. The summed E-state index contributed by atoms with van der Waals surface area (Å²) in [6.07, 6.45) is 4.15. The molecule has 8 nitrogen and oxygen atoms in total. The molecule has 9 heteroatoms. The third kappa shape index (κ3) is 5.09. The number of rotatable bonds is 9. The molecule has 34 heavy (non-hydrogen) atoms. The summed E-state index contributed by atoms with van der Waals surface area (Å²) in [4.78, 5) is 12.9. The molecular formula is C25H32N2O6S. The van der Waals surface area contributed by atoms with E-state index in [4.69, 9.17) is 14.2 Å². The molecule has 184 valence electrons. The van der Waals surface area contributed by atoms with Gasteiger partial charge in [-0.2, -0.15) is 0 Å². The molecule has 2 aromatic rings. The second kappa shape index (κ2) is 9.74. The van der Waals surface area contributed by atoms with Crippen molar-refractivity contribution < 1.29 is 27.4 Å². The number of sulfonamides is 1. The van der Waals surface area contributed by atoms with Crippen LogP contribution in [0.5, 0.6) is 17.2 Å². The van der Waals surface area contributed by atoms with Crippen LogP contribution in [0.3, 0.4) is 0 Å². The zero-order valence-corrected chi connectivity index (χ0v) is 20.7. The zero-order chi connectivity index (χ0) is 24.3. The molecule has 0 spiro atoms. The van der Waals surface area contributed by atoms with Crippen LogP contribution < -0.4 is 23.8 Å². The van der Waals surface area contributed by atoms with Gasteiger partial charge in [-0.05, 0) is 37.5 Å². The number of carbonyl (C=O) groups excluding carboxylic acids is 1. The minimum Gasteiger partial charge on any atom is -0.487 e. The van der Waals surface area contributed by atoms with Crippen LogP contribution in [0.4, 0.5) is 5.69 Å². The van der Waals surface area contributed by atoms with Crippen LogP contribution in [0.2, 0.25) is 0 Å². The highest BCUT2D eigenvalue weighted by Gasteiger charge is 2.38.